The van der Waals surface area contributed by atoms with E-state index in [1.54, 1.807) is 23.8 Å². The average molecular weight is 434 g/mol. The standard InChI is InChI=1S/C21H28ClN5O3/c1-13(24-14(2)28)20(29)27-8-4-5-18(12-27)26(3)21(30)23-11-17-10-15-9-16(22)6-7-19(15)25-17/h6-7,9-10,13,18,25H,4-5,8,11-12H2,1-3H3,(H,23,30)(H,24,28)/t13?,18-/m1/s1. The molecule has 0 aliphatic carbocycles. The summed E-state index contributed by atoms with van der Waals surface area (Å²) >= 11 is 6.02. The number of H-pyrrole nitrogens is 1. The quantitative estimate of drug-likeness (QED) is 0.675. The number of benzene rings is 1. The van der Waals surface area contributed by atoms with Crippen molar-refractivity contribution < 1.29 is 14.4 Å². The second kappa shape index (κ2) is 9.38. The molecule has 2 atom stereocenters. The normalized spacial score (nSPS) is 17.5. The zero-order valence-corrected chi connectivity index (χ0v) is 18.3. The second-order valence-electron chi connectivity index (χ2n) is 7.80. The van der Waals surface area contributed by atoms with Gasteiger partial charge in [-0.25, -0.2) is 4.79 Å². The smallest absolute Gasteiger partial charge is 0.317 e. The first-order valence-corrected chi connectivity index (χ1v) is 10.5. The predicted molar refractivity (Wildman–Crippen MR) is 116 cm³/mol. The van der Waals surface area contributed by atoms with Gasteiger partial charge in [-0.2, -0.15) is 0 Å². The van der Waals surface area contributed by atoms with Gasteiger partial charge in [0.15, 0.2) is 0 Å². The highest BCUT2D eigenvalue weighted by Crippen LogP contribution is 2.20. The molecule has 1 aromatic heterocycles. The van der Waals surface area contributed by atoms with Crippen molar-refractivity contribution in [3.63, 3.8) is 0 Å². The van der Waals surface area contributed by atoms with Crippen molar-refractivity contribution in [3.8, 4) is 0 Å². The van der Waals surface area contributed by atoms with Crippen molar-refractivity contribution in [3.05, 3.63) is 35.0 Å². The first-order valence-electron chi connectivity index (χ1n) is 10.1. The van der Waals surface area contributed by atoms with Gasteiger partial charge in [-0.15, -0.1) is 0 Å². The van der Waals surface area contributed by atoms with Gasteiger partial charge in [0.05, 0.1) is 12.6 Å². The third kappa shape index (κ3) is 5.24. The molecule has 0 spiro atoms. The number of aromatic amines is 1. The Morgan fingerprint density at radius 1 is 1.33 bits per heavy atom. The van der Waals surface area contributed by atoms with Gasteiger partial charge in [0.25, 0.3) is 0 Å². The Bertz CT molecular complexity index is 944. The van der Waals surface area contributed by atoms with Crippen LogP contribution in [0.25, 0.3) is 10.9 Å². The van der Waals surface area contributed by atoms with Gasteiger partial charge in [-0.1, -0.05) is 11.6 Å². The van der Waals surface area contributed by atoms with E-state index >= 15 is 0 Å². The van der Waals surface area contributed by atoms with Gasteiger partial charge in [0.2, 0.25) is 11.8 Å². The van der Waals surface area contributed by atoms with E-state index in [0.717, 1.165) is 29.4 Å². The van der Waals surface area contributed by atoms with Gasteiger partial charge in [0, 0.05) is 48.7 Å². The zero-order valence-electron chi connectivity index (χ0n) is 17.5. The number of halogens is 1. The van der Waals surface area contributed by atoms with Gasteiger partial charge in [0.1, 0.15) is 6.04 Å². The van der Waals surface area contributed by atoms with Crippen LogP contribution >= 0.6 is 11.6 Å². The summed E-state index contributed by atoms with van der Waals surface area (Å²) in [5.74, 6) is -0.361. The molecule has 162 valence electrons. The SMILES string of the molecule is CC(=O)NC(C)C(=O)N1CCC[C@@H](N(C)C(=O)NCc2cc3cc(Cl)ccc3[nH]2)C1. The molecule has 1 saturated heterocycles. The van der Waals surface area contributed by atoms with Crippen LogP contribution in [0.1, 0.15) is 32.4 Å². The maximum Gasteiger partial charge on any atom is 0.317 e. The van der Waals surface area contributed by atoms with Gasteiger partial charge >= 0.3 is 6.03 Å². The summed E-state index contributed by atoms with van der Waals surface area (Å²) in [5.41, 5.74) is 1.85. The number of piperidine rings is 1. The topological polar surface area (TPSA) is 97.5 Å². The Labute approximate surface area is 180 Å². The third-order valence-corrected chi connectivity index (χ3v) is 5.67. The number of fused-ring (bicyclic) bond motifs is 1. The van der Waals surface area contributed by atoms with Crippen molar-refractivity contribution in [2.24, 2.45) is 0 Å². The molecule has 2 heterocycles. The minimum absolute atomic E-state index is 0.0752. The number of hydrogen-bond donors (Lipinski definition) is 3. The summed E-state index contributed by atoms with van der Waals surface area (Å²) < 4.78 is 0. The van der Waals surface area contributed by atoms with Crippen LogP contribution in [0, 0.1) is 0 Å². The fraction of sp³-hybridized carbons (Fsp3) is 0.476. The number of hydrogen-bond acceptors (Lipinski definition) is 3. The monoisotopic (exact) mass is 433 g/mol. The molecular weight excluding hydrogens is 406 g/mol. The highest BCUT2D eigenvalue weighted by molar-refractivity contribution is 6.31. The molecule has 1 aliphatic heterocycles. The zero-order chi connectivity index (χ0) is 21.8. The number of likely N-dealkylation sites (N-methyl/N-ethyl adjacent to an activating group) is 1. The number of carbonyl (C=O) groups excluding carboxylic acids is 3. The molecular formula is C21H28ClN5O3. The van der Waals surface area contributed by atoms with E-state index < -0.39 is 6.04 Å². The number of nitrogens with one attached hydrogen (secondary N) is 3. The predicted octanol–water partition coefficient (Wildman–Crippen LogP) is 2.48. The summed E-state index contributed by atoms with van der Waals surface area (Å²) in [6.45, 7) is 4.52. The van der Waals surface area contributed by atoms with Crippen LogP contribution in [-0.2, 0) is 16.1 Å². The molecule has 9 heteroatoms. The van der Waals surface area contributed by atoms with Crippen LogP contribution in [0.15, 0.2) is 24.3 Å². The summed E-state index contributed by atoms with van der Waals surface area (Å²) in [5, 5.41) is 7.21. The minimum Gasteiger partial charge on any atom is -0.357 e. The fourth-order valence-corrected chi connectivity index (χ4v) is 4.01. The lowest BCUT2D eigenvalue weighted by Gasteiger charge is -2.38. The number of rotatable bonds is 5. The number of urea groups is 1. The molecule has 3 N–H and O–H groups in total. The van der Waals surface area contributed by atoms with Crippen LogP contribution < -0.4 is 10.6 Å². The molecule has 30 heavy (non-hydrogen) atoms. The molecule has 1 unspecified atom stereocenters. The van der Waals surface area contributed by atoms with Crippen molar-refractivity contribution in [1.82, 2.24) is 25.4 Å². The highest BCUT2D eigenvalue weighted by Gasteiger charge is 2.30. The number of amides is 4. The molecule has 1 aliphatic rings. The van der Waals surface area contributed by atoms with Gasteiger partial charge in [-0.3, -0.25) is 9.59 Å². The Morgan fingerprint density at radius 3 is 2.83 bits per heavy atom. The molecule has 0 radical (unpaired) electrons. The molecule has 4 amide bonds. The van der Waals surface area contributed by atoms with Crippen molar-refractivity contribution in [2.45, 2.75) is 45.3 Å². The molecule has 8 nitrogen and oxygen atoms in total. The number of likely N-dealkylation sites (tertiary alicyclic amines) is 1. The lowest BCUT2D eigenvalue weighted by Crippen LogP contribution is -2.55. The van der Waals surface area contributed by atoms with E-state index in [1.165, 1.54) is 6.92 Å². The Morgan fingerprint density at radius 2 is 2.10 bits per heavy atom. The first kappa shape index (κ1) is 22.0. The number of aromatic nitrogens is 1. The van der Waals surface area contributed by atoms with Crippen LogP contribution in [0.5, 0.6) is 0 Å². The van der Waals surface area contributed by atoms with Crippen molar-refractivity contribution in [2.75, 3.05) is 20.1 Å². The maximum atomic E-state index is 12.7. The van der Waals surface area contributed by atoms with Gasteiger partial charge < -0.3 is 25.4 Å². The summed E-state index contributed by atoms with van der Waals surface area (Å²) in [7, 11) is 1.75. The van der Waals surface area contributed by atoms with Crippen LogP contribution in [0.2, 0.25) is 5.02 Å². The average Bonchev–Trinajstić information content (AvgIpc) is 3.12. The largest absolute Gasteiger partial charge is 0.357 e. The van der Waals surface area contributed by atoms with E-state index in [2.05, 4.69) is 15.6 Å². The Kier molecular flexibility index (Phi) is 6.87. The number of nitrogens with zero attached hydrogens (tertiary/aromatic N) is 2. The molecule has 0 saturated carbocycles. The molecule has 2 aromatic rings. The van der Waals surface area contributed by atoms with E-state index in [1.807, 2.05) is 24.3 Å². The lowest BCUT2D eigenvalue weighted by molar-refractivity contribution is -0.137. The van der Waals surface area contributed by atoms with Gasteiger partial charge in [-0.05, 0) is 44.0 Å². The minimum atomic E-state index is -0.573. The highest BCUT2D eigenvalue weighted by atomic mass is 35.5. The van der Waals surface area contributed by atoms with E-state index in [9.17, 15) is 14.4 Å². The van der Waals surface area contributed by atoms with E-state index in [0.29, 0.717) is 24.7 Å². The maximum absolute atomic E-state index is 12.7. The fourth-order valence-electron chi connectivity index (χ4n) is 3.83. The van der Waals surface area contributed by atoms with Crippen LogP contribution in [0.4, 0.5) is 4.79 Å². The third-order valence-electron chi connectivity index (χ3n) is 5.44. The molecule has 0 bridgehead atoms. The molecule has 1 fully saturated rings. The van der Waals surface area contributed by atoms with Crippen molar-refractivity contribution >= 4 is 40.3 Å². The Hall–Kier alpha value is -2.74. The Balaban J connectivity index is 1.55. The van der Waals surface area contributed by atoms with Crippen molar-refractivity contribution in [1.29, 1.82) is 0 Å². The van der Waals surface area contributed by atoms with Crippen LogP contribution in [-0.4, -0.2) is 64.9 Å². The lowest BCUT2D eigenvalue weighted by atomic mass is 10.0. The molecule has 3 rings (SSSR count). The summed E-state index contributed by atoms with van der Waals surface area (Å²) in [6.07, 6.45) is 1.64. The number of carbonyl (C=O) groups is 3. The summed E-state index contributed by atoms with van der Waals surface area (Å²) in [4.78, 5) is 43.1. The van der Waals surface area contributed by atoms with E-state index in [-0.39, 0.29) is 23.9 Å². The molecule has 1 aromatic carbocycles. The van der Waals surface area contributed by atoms with Crippen LogP contribution in [0.3, 0.4) is 0 Å². The second-order valence-corrected chi connectivity index (χ2v) is 8.23. The van der Waals surface area contributed by atoms with E-state index in [4.69, 9.17) is 11.6 Å². The summed E-state index contributed by atoms with van der Waals surface area (Å²) in [6, 6.07) is 6.72. The first-order chi connectivity index (χ1) is 14.2.